The third kappa shape index (κ3) is 3.87. The molecular formula is C13H12Cl3NO4S. The SMILES string of the molecule is COc1ccc(N(C(=O)C(Cl)(Cl)Cl)C2C=CS(=O)(=O)C2)cc1. The van der Waals surface area contributed by atoms with Crippen molar-refractivity contribution in [1.82, 2.24) is 0 Å². The van der Waals surface area contributed by atoms with Crippen molar-refractivity contribution in [2.75, 3.05) is 17.8 Å². The van der Waals surface area contributed by atoms with Gasteiger partial charge in [0.05, 0.1) is 18.9 Å². The van der Waals surface area contributed by atoms with Crippen LogP contribution in [0.2, 0.25) is 0 Å². The van der Waals surface area contributed by atoms with Gasteiger partial charge in [-0.1, -0.05) is 34.8 Å². The molecule has 0 fully saturated rings. The van der Waals surface area contributed by atoms with Gasteiger partial charge in [0.1, 0.15) is 5.75 Å². The normalized spacial score (nSPS) is 19.9. The summed E-state index contributed by atoms with van der Waals surface area (Å²) in [6, 6.07) is 5.70. The van der Waals surface area contributed by atoms with E-state index >= 15 is 0 Å². The number of carbonyl (C=O) groups is 1. The molecule has 0 saturated carbocycles. The molecule has 0 aromatic heterocycles. The zero-order valence-electron chi connectivity index (χ0n) is 11.4. The lowest BCUT2D eigenvalue weighted by Gasteiger charge is -2.30. The topological polar surface area (TPSA) is 63.7 Å². The fourth-order valence-electron chi connectivity index (χ4n) is 2.06. The van der Waals surface area contributed by atoms with Crippen LogP contribution in [0.3, 0.4) is 0 Å². The molecule has 0 N–H and O–H groups in total. The lowest BCUT2D eigenvalue weighted by molar-refractivity contribution is -0.118. The van der Waals surface area contributed by atoms with E-state index in [2.05, 4.69) is 0 Å². The van der Waals surface area contributed by atoms with Crippen LogP contribution in [0.1, 0.15) is 0 Å². The summed E-state index contributed by atoms with van der Waals surface area (Å²) in [4.78, 5) is 13.5. The summed E-state index contributed by atoms with van der Waals surface area (Å²) in [7, 11) is -1.86. The fourth-order valence-corrected chi connectivity index (χ4v) is 3.60. The lowest BCUT2D eigenvalue weighted by atomic mass is 10.2. The van der Waals surface area contributed by atoms with E-state index in [9.17, 15) is 13.2 Å². The highest BCUT2D eigenvalue weighted by Gasteiger charge is 2.41. The fraction of sp³-hybridized carbons (Fsp3) is 0.308. The van der Waals surface area contributed by atoms with Gasteiger partial charge < -0.3 is 9.64 Å². The molecule has 0 spiro atoms. The Morgan fingerprint density at radius 2 is 1.86 bits per heavy atom. The average molecular weight is 385 g/mol. The standard InChI is InChI=1S/C13H12Cl3NO4S/c1-21-11-4-2-9(3-5-11)17(12(18)13(14,15)16)10-6-7-22(19,20)8-10/h2-7,10H,8H2,1H3. The van der Waals surface area contributed by atoms with Gasteiger partial charge >= 0.3 is 0 Å². The molecule has 22 heavy (non-hydrogen) atoms. The Bertz CT molecular complexity index is 695. The molecule has 1 aliphatic heterocycles. The lowest BCUT2D eigenvalue weighted by Crippen LogP contribution is -2.46. The molecule has 1 atom stereocenters. The molecule has 1 aromatic rings. The van der Waals surface area contributed by atoms with Crippen molar-refractivity contribution in [2.24, 2.45) is 0 Å². The highest BCUT2D eigenvalue weighted by atomic mass is 35.6. The Kier molecular flexibility index (Phi) is 4.96. The van der Waals surface area contributed by atoms with E-state index in [4.69, 9.17) is 39.5 Å². The maximum atomic E-state index is 12.4. The summed E-state index contributed by atoms with van der Waals surface area (Å²) in [5.74, 6) is -0.500. The zero-order chi connectivity index (χ0) is 16.5. The molecule has 5 nitrogen and oxygen atoms in total. The Balaban J connectivity index is 2.41. The zero-order valence-corrected chi connectivity index (χ0v) is 14.5. The van der Waals surface area contributed by atoms with Crippen LogP contribution >= 0.6 is 34.8 Å². The summed E-state index contributed by atoms with van der Waals surface area (Å²) in [6.45, 7) is 0. The van der Waals surface area contributed by atoms with E-state index in [1.165, 1.54) is 13.2 Å². The van der Waals surface area contributed by atoms with Crippen molar-refractivity contribution in [2.45, 2.75) is 9.83 Å². The molecule has 1 heterocycles. The first-order chi connectivity index (χ1) is 10.1. The number of carbonyl (C=O) groups excluding carboxylic acids is 1. The van der Waals surface area contributed by atoms with E-state index in [-0.39, 0.29) is 5.75 Å². The van der Waals surface area contributed by atoms with Gasteiger partial charge in [0, 0.05) is 11.1 Å². The molecule has 0 aliphatic carbocycles. The highest BCUT2D eigenvalue weighted by Crippen LogP contribution is 2.34. The molecule has 1 aromatic carbocycles. The number of rotatable bonds is 3. The number of benzene rings is 1. The highest BCUT2D eigenvalue weighted by molar-refractivity contribution is 7.94. The third-order valence-electron chi connectivity index (χ3n) is 3.05. The van der Waals surface area contributed by atoms with Gasteiger partial charge in [0.15, 0.2) is 9.84 Å². The van der Waals surface area contributed by atoms with Crippen molar-refractivity contribution in [3.63, 3.8) is 0 Å². The second-order valence-electron chi connectivity index (χ2n) is 4.60. The number of hydrogen-bond acceptors (Lipinski definition) is 4. The first-order valence-electron chi connectivity index (χ1n) is 6.09. The summed E-state index contributed by atoms with van der Waals surface area (Å²) in [5.41, 5.74) is 0.406. The van der Waals surface area contributed by atoms with Crippen molar-refractivity contribution in [3.8, 4) is 5.75 Å². The molecule has 9 heteroatoms. The molecule has 0 bridgehead atoms. The van der Waals surface area contributed by atoms with Crippen LogP contribution in [-0.2, 0) is 14.6 Å². The Morgan fingerprint density at radius 3 is 2.27 bits per heavy atom. The van der Waals surface area contributed by atoms with Crippen LogP contribution in [0.5, 0.6) is 5.75 Å². The molecule has 1 aliphatic rings. The first-order valence-corrected chi connectivity index (χ1v) is 8.94. The van der Waals surface area contributed by atoms with E-state index in [0.29, 0.717) is 11.4 Å². The number of amides is 1. The van der Waals surface area contributed by atoms with Gasteiger partial charge in [-0.15, -0.1) is 0 Å². The maximum absolute atomic E-state index is 12.4. The van der Waals surface area contributed by atoms with Crippen LogP contribution in [0.25, 0.3) is 0 Å². The quantitative estimate of drug-likeness (QED) is 0.752. The first kappa shape index (κ1) is 17.4. The van der Waals surface area contributed by atoms with Gasteiger partial charge in [0.2, 0.25) is 0 Å². The number of nitrogens with zero attached hydrogens (tertiary/aromatic N) is 1. The number of hydrogen-bond donors (Lipinski definition) is 0. The number of alkyl halides is 3. The van der Waals surface area contributed by atoms with Crippen molar-refractivity contribution < 1.29 is 17.9 Å². The predicted molar refractivity (Wildman–Crippen MR) is 87.5 cm³/mol. The van der Waals surface area contributed by atoms with Gasteiger partial charge in [-0.25, -0.2) is 8.42 Å². The molecule has 0 radical (unpaired) electrons. The summed E-state index contributed by atoms with van der Waals surface area (Å²) in [5, 5.41) is 1.06. The molecular weight excluding hydrogens is 373 g/mol. The molecule has 1 unspecified atom stereocenters. The largest absolute Gasteiger partial charge is 0.497 e. The van der Waals surface area contributed by atoms with E-state index in [1.807, 2.05) is 0 Å². The second kappa shape index (κ2) is 6.28. The van der Waals surface area contributed by atoms with Crippen LogP contribution in [-0.4, -0.2) is 37.0 Å². The number of ether oxygens (including phenoxy) is 1. The summed E-state index contributed by atoms with van der Waals surface area (Å²) >= 11 is 17.0. The minimum Gasteiger partial charge on any atom is -0.497 e. The van der Waals surface area contributed by atoms with Crippen molar-refractivity contribution >= 4 is 56.2 Å². The molecule has 2 rings (SSSR count). The second-order valence-corrected chi connectivity index (χ2v) is 8.81. The average Bonchev–Trinajstić information content (AvgIpc) is 2.79. The van der Waals surface area contributed by atoms with Crippen LogP contribution < -0.4 is 9.64 Å². The van der Waals surface area contributed by atoms with Gasteiger partial charge in [-0.05, 0) is 30.3 Å². The van der Waals surface area contributed by atoms with Crippen LogP contribution in [0, 0.1) is 0 Å². The minimum atomic E-state index is -3.37. The Hall–Kier alpha value is -0.950. The van der Waals surface area contributed by atoms with Crippen molar-refractivity contribution in [1.29, 1.82) is 0 Å². The number of methoxy groups -OCH3 is 1. The molecule has 1 amide bonds. The number of sulfone groups is 1. The summed E-state index contributed by atoms with van der Waals surface area (Å²) in [6.07, 6.45) is 1.40. The van der Waals surface area contributed by atoms with Crippen molar-refractivity contribution in [3.05, 3.63) is 35.7 Å². The molecule has 120 valence electrons. The smallest absolute Gasteiger partial charge is 0.279 e. The number of anilines is 1. The Morgan fingerprint density at radius 1 is 1.27 bits per heavy atom. The monoisotopic (exact) mass is 383 g/mol. The number of halogens is 3. The maximum Gasteiger partial charge on any atom is 0.279 e. The van der Waals surface area contributed by atoms with E-state index in [0.717, 1.165) is 10.3 Å². The van der Waals surface area contributed by atoms with Crippen LogP contribution in [0.4, 0.5) is 5.69 Å². The van der Waals surface area contributed by atoms with Crippen LogP contribution in [0.15, 0.2) is 35.7 Å². The van der Waals surface area contributed by atoms with Gasteiger partial charge in [-0.2, -0.15) is 0 Å². The van der Waals surface area contributed by atoms with E-state index < -0.39 is 25.6 Å². The third-order valence-corrected chi connectivity index (χ3v) is 4.92. The minimum absolute atomic E-state index is 0.258. The summed E-state index contributed by atoms with van der Waals surface area (Å²) < 4.78 is 26.1. The molecule has 0 saturated heterocycles. The Labute approximate surface area is 143 Å². The van der Waals surface area contributed by atoms with Gasteiger partial charge in [0.25, 0.3) is 9.70 Å². The van der Waals surface area contributed by atoms with Gasteiger partial charge in [-0.3, -0.25) is 4.79 Å². The van der Waals surface area contributed by atoms with E-state index in [1.54, 1.807) is 24.3 Å². The predicted octanol–water partition coefficient (Wildman–Crippen LogP) is 2.71.